The van der Waals surface area contributed by atoms with Crippen LogP contribution in [0.5, 0.6) is 5.75 Å². The molecule has 0 saturated carbocycles. The lowest BCUT2D eigenvalue weighted by molar-refractivity contribution is 0.0743. The van der Waals surface area contributed by atoms with Crippen molar-refractivity contribution in [3.8, 4) is 5.75 Å². The van der Waals surface area contributed by atoms with E-state index in [1.165, 1.54) is 29.1 Å². The van der Waals surface area contributed by atoms with Gasteiger partial charge in [0.2, 0.25) is 10.0 Å². The van der Waals surface area contributed by atoms with Gasteiger partial charge in [0.25, 0.3) is 5.91 Å². The van der Waals surface area contributed by atoms with Crippen LogP contribution in [-0.4, -0.2) is 69.9 Å². The molecular formula is C23H31N3O4S. The van der Waals surface area contributed by atoms with E-state index in [9.17, 15) is 13.2 Å². The lowest BCUT2D eigenvalue weighted by atomic mass is 10.1. The Morgan fingerprint density at radius 3 is 2.29 bits per heavy atom. The van der Waals surface area contributed by atoms with Crippen LogP contribution in [0.25, 0.3) is 0 Å². The molecule has 1 aliphatic heterocycles. The number of methoxy groups -OCH3 is 1. The van der Waals surface area contributed by atoms with E-state index in [1.807, 2.05) is 6.07 Å². The van der Waals surface area contributed by atoms with E-state index in [4.69, 9.17) is 4.74 Å². The van der Waals surface area contributed by atoms with E-state index in [0.717, 1.165) is 18.8 Å². The molecule has 1 fully saturated rings. The van der Waals surface area contributed by atoms with Gasteiger partial charge in [0.1, 0.15) is 5.75 Å². The van der Waals surface area contributed by atoms with Crippen LogP contribution in [0.15, 0.2) is 47.4 Å². The third kappa shape index (κ3) is 4.85. The van der Waals surface area contributed by atoms with Gasteiger partial charge in [0.05, 0.1) is 17.6 Å². The summed E-state index contributed by atoms with van der Waals surface area (Å²) < 4.78 is 32.6. The highest BCUT2D eigenvalue weighted by atomic mass is 32.2. The molecule has 0 bridgehead atoms. The van der Waals surface area contributed by atoms with E-state index in [0.29, 0.717) is 31.9 Å². The second-order valence-corrected chi connectivity index (χ2v) is 9.51. The largest absolute Gasteiger partial charge is 0.496 e. The van der Waals surface area contributed by atoms with Crippen LogP contribution in [0.2, 0.25) is 0 Å². The van der Waals surface area contributed by atoms with Gasteiger partial charge in [0.15, 0.2) is 0 Å². The predicted molar refractivity (Wildman–Crippen MR) is 122 cm³/mol. The number of carbonyl (C=O) groups is 1. The van der Waals surface area contributed by atoms with Gasteiger partial charge in [-0.3, -0.25) is 4.79 Å². The molecule has 0 N–H and O–H groups in total. The standard InChI is InChI=1S/C23H31N3O4S/c1-5-26(6-2)31(28,29)20-10-11-22(30-4)21(17-20)23(27)25-14-12-24(13-15-25)19-9-7-8-18(3)16-19/h7-11,16-17H,5-6,12-15H2,1-4H3. The summed E-state index contributed by atoms with van der Waals surface area (Å²) in [6.45, 7) is 8.95. The van der Waals surface area contributed by atoms with Crippen molar-refractivity contribution in [2.75, 3.05) is 51.3 Å². The molecule has 0 aliphatic carbocycles. The predicted octanol–water partition coefficient (Wildman–Crippen LogP) is 3.00. The van der Waals surface area contributed by atoms with Crippen LogP contribution in [-0.2, 0) is 10.0 Å². The van der Waals surface area contributed by atoms with Crippen molar-refractivity contribution in [2.45, 2.75) is 25.7 Å². The maximum absolute atomic E-state index is 13.3. The van der Waals surface area contributed by atoms with E-state index >= 15 is 0 Å². The van der Waals surface area contributed by atoms with Gasteiger partial charge in [0, 0.05) is 45.0 Å². The zero-order valence-corrected chi connectivity index (χ0v) is 19.5. The smallest absolute Gasteiger partial charge is 0.257 e. The summed E-state index contributed by atoms with van der Waals surface area (Å²) in [5.74, 6) is 0.168. The van der Waals surface area contributed by atoms with Gasteiger partial charge < -0.3 is 14.5 Å². The summed E-state index contributed by atoms with van der Waals surface area (Å²) in [4.78, 5) is 17.4. The van der Waals surface area contributed by atoms with Crippen molar-refractivity contribution >= 4 is 21.6 Å². The number of ether oxygens (including phenoxy) is 1. The Bertz CT molecular complexity index is 1030. The van der Waals surface area contributed by atoms with E-state index < -0.39 is 10.0 Å². The first-order chi connectivity index (χ1) is 14.8. The van der Waals surface area contributed by atoms with Gasteiger partial charge in [-0.1, -0.05) is 26.0 Å². The van der Waals surface area contributed by atoms with E-state index in [-0.39, 0.29) is 16.4 Å². The molecule has 1 aliphatic rings. The molecular weight excluding hydrogens is 414 g/mol. The van der Waals surface area contributed by atoms with Crippen molar-refractivity contribution in [1.82, 2.24) is 9.21 Å². The third-order valence-electron chi connectivity index (χ3n) is 5.68. The number of carbonyl (C=O) groups excluding carboxylic acids is 1. The van der Waals surface area contributed by atoms with Crippen molar-refractivity contribution in [3.63, 3.8) is 0 Å². The number of piperazine rings is 1. The van der Waals surface area contributed by atoms with Crippen LogP contribution >= 0.6 is 0 Å². The molecule has 7 nitrogen and oxygen atoms in total. The first-order valence-electron chi connectivity index (χ1n) is 10.6. The summed E-state index contributed by atoms with van der Waals surface area (Å²) in [5.41, 5.74) is 2.63. The fourth-order valence-corrected chi connectivity index (χ4v) is 5.37. The monoisotopic (exact) mass is 445 g/mol. The lowest BCUT2D eigenvalue weighted by Gasteiger charge is -2.36. The molecule has 2 aromatic rings. The quantitative estimate of drug-likeness (QED) is 0.655. The van der Waals surface area contributed by atoms with Gasteiger partial charge >= 0.3 is 0 Å². The lowest BCUT2D eigenvalue weighted by Crippen LogP contribution is -2.48. The zero-order valence-electron chi connectivity index (χ0n) is 18.7. The molecule has 1 saturated heterocycles. The van der Waals surface area contributed by atoms with Gasteiger partial charge in [-0.15, -0.1) is 0 Å². The Labute approximate surface area is 185 Å². The molecule has 0 aromatic heterocycles. The van der Waals surface area contributed by atoms with Crippen LogP contribution in [0.4, 0.5) is 5.69 Å². The Hall–Kier alpha value is -2.58. The minimum atomic E-state index is -3.66. The zero-order chi connectivity index (χ0) is 22.6. The number of rotatable bonds is 7. The van der Waals surface area contributed by atoms with Gasteiger partial charge in [-0.2, -0.15) is 4.31 Å². The first kappa shape index (κ1) is 23.1. The van der Waals surface area contributed by atoms with Gasteiger partial charge in [-0.25, -0.2) is 8.42 Å². The topological polar surface area (TPSA) is 70.2 Å². The molecule has 0 radical (unpaired) electrons. The number of sulfonamides is 1. The third-order valence-corrected chi connectivity index (χ3v) is 7.72. The normalized spacial score (nSPS) is 14.7. The molecule has 1 amide bonds. The van der Waals surface area contributed by atoms with E-state index in [2.05, 4.69) is 30.0 Å². The first-order valence-corrected chi connectivity index (χ1v) is 12.0. The number of anilines is 1. The number of benzene rings is 2. The Balaban J connectivity index is 1.81. The minimum absolute atomic E-state index is 0.110. The molecule has 1 heterocycles. The van der Waals surface area contributed by atoms with Crippen molar-refractivity contribution in [1.29, 1.82) is 0 Å². The minimum Gasteiger partial charge on any atom is -0.496 e. The maximum atomic E-state index is 13.3. The summed E-state index contributed by atoms with van der Waals surface area (Å²) in [5, 5.41) is 0. The fraction of sp³-hybridized carbons (Fsp3) is 0.435. The fourth-order valence-electron chi connectivity index (χ4n) is 3.89. The summed E-state index contributed by atoms with van der Waals surface area (Å²) >= 11 is 0. The highest BCUT2D eigenvalue weighted by Gasteiger charge is 2.28. The molecule has 8 heteroatoms. The number of hydrogen-bond donors (Lipinski definition) is 0. The average molecular weight is 446 g/mol. The molecule has 0 unspecified atom stereocenters. The molecule has 31 heavy (non-hydrogen) atoms. The molecule has 2 aromatic carbocycles. The van der Waals surface area contributed by atoms with Crippen LogP contribution in [0.1, 0.15) is 29.8 Å². The molecule has 3 rings (SSSR count). The summed E-state index contributed by atoms with van der Waals surface area (Å²) in [6, 6.07) is 12.8. The molecule has 0 atom stereocenters. The van der Waals surface area contributed by atoms with Crippen LogP contribution in [0.3, 0.4) is 0 Å². The SMILES string of the molecule is CCN(CC)S(=O)(=O)c1ccc(OC)c(C(=O)N2CCN(c3cccc(C)c3)CC2)c1. The van der Waals surface area contributed by atoms with Crippen LogP contribution in [0, 0.1) is 6.92 Å². The van der Waals surface area contributed by atoms with Crippen molar-refractivity contribution in [2.24, 2.45) is 0 Å². The molecule has 0 spiro atoms. The Morgan fingerprint density at radius 2 is 1.71 bits per heavy atom. The number of aryl methyl sites for hydroxylation is 1. The number of hydrogen-bond acceptors (Lipinski definition) is 5. The summed E-state index contributed by atoms with van der Waals surface area (Å²) in [7, 11) is -2.18. The highest BCUT2D eigenvalue weighted by Crippen LogP contribution is 2.27. The average Bonchev–Trinajstić information content (AvgIpc) is 2.79. The number of nitrogens with zero attached hydrogens (tertiary/aromatic N) is 3. The van der Waals surface area contributed by atoms with Crippen molar-refractivity contribution in [3.05, 3.63) is 53.6 Å². The maximum Gasteiger partial charge on any atom is 0.257 e. The Morgan fingerprint density at radius 1 is 1.03 bits per heavy atom. The van der Waals surface area contributed by atoms with E-state index in [1.54, 1.807) is 24.8 Å². The Kier molecular flexibility index (Phi) is 7.23. The number of amides is 1. The second-order valence-electron chi connectivity index (χ2n) is 7.57. The summed E-state index contributed by atoms with van der Waals surface area (Å²) in [6.07, 6.45) is 0. The van der Waals surface area contributed by atoms with Crippen molar-refractivity contribution < 1.29 is 17.9 Å². The second kappa shape index (κ2) is 9.70. The molecule has 168 valence electrons. The highest BCUT2D eigenvalue weighted by molar-refractivity contribution is 7.89. The van der Waals surface area contributed by atoms with Gasteiger partial charge in [-0.05, 0) is 42.8 Å². The van der Waals surface area contributed by atoms with Crippen LogP contribution < -0.4 is 9.64 Å².